The van der Waals surface area contributed by atoms with Crippen molar-refractivity contribution in [1.82, 2.24) is 4.90 Å². The molecule has 2 aromatic carbocycles. The molecule has 0 saturated heterocycles. The summed E-state index contributed by atoms with van der Waals surface area (Å²) in [6, 6.07) is 11.6. The van der Waals surface area contributed by atoms with Crippen molar-refractivity contribution in [2.75, 3.05) is 7.05 Å². The van der Waals surface area contributed by atoms with Crippen LogP contribution >= 0.6 is 11.6 Å². The Morgan fingerprint density at radius 3 is 2.62 bits per heavy atom. The van der Waals surface area contributed by atoms with Gasteiger partial charge >= 0.3 is 5.69 Å². The van der Waals surface area contributed by atoms with Crippen LogP contribution in [-0.2, 0) is 13.1 Å². The average molecular weight is 309 g/mol. The lowest BCUT2D eigenvalue weighted by Gasteiger charge is -2.17. The number of rotatable bonds is 5. The van der Waals surface area contributed by atoms with E-state index in [1.807, 2.05) is 30.1 Å². The lowest BCUT2D eigenvalue weighted by Crippen LogP contribution is -2.18. The quantitative estimate of drug-likeness (QED) is 0.619. The number of nitro benzene ring substituents is 1. The van der Waals surface area contributed by atoms with Crippen molar-refractivity contribution in [2.45, 2.75) is 13.1 Å². The van der Waals surface area contributed by atoms with E-state index in [-0.39, 0.29) is 6.54 Å². The largest absolute Gasteiger partial charge is 0.305 e. The molecular formula is C15H14ClFN2O2. The predicted octanol–water partition coefficient (Wildman–Crippen LogP) is 4.02. The van der Waals surface area contributed by atoms with Crippen LogP contribution < -0.4 is 0 Å². The molecular weight excluding hydrogens is 295 g/mol. The minimum absolute atomic E-state index is 0.278. The minimum Gasteiger partial charge on any atom is -0.298 e. The van der Waals surface area contributed by atoms with E-state index in [4.69, 9.17) is 11.6 Å². The Hall–Kier alpha value is -1.98. The highest BCUT2D eigenvalue weighted by molar-refractivity contribution is 6.30. The van der Waals surface area contributed by atoms with Crippen LogP contribution in [0.2, 0.25) is 5.02 Å². The second kappa shape index (κ2) is 6.65. The fraction of sp³-hybridized carbons (Fsp3) is 0.200. The van der Waals surface area contributed by atoms with Gasteiger partial charge in [0.25, 0.3) is 0 Å². The maximum atomic E-state index is 14.0. The van der Waals surface area contributed by atoms with Gasteiger partial charge in [-0.3, -0.25) is 15.0 Å². The van der Waals surface area contributed by atoms with Gasteiger partial charge in [-0.15, -0.1) is 0 Å². The molecule has 0 aliphatic heterocycles. The molecule has 0 aliphatic carbocycles. The third-order valence-corrected chi connectivity index (χ3v) is 3.27. The minimum atomic E-state index is -0.777. The first-order valence-electron chi connectivity index (χ1n) is 6.32. The second-order valence-electron chi connectivity index (χ2n) is 4.81. The van der Waals surface area contributed by atoms with E-state index in [9.17, 15) is 14.5 Å². The number of nitro groups is 1. The molecule has 0 fully saturated rings. The van der Waals surface area contributed by atoms with E-state index in [2.05, 4.69) is 0 Å². The molecule has 0 radical (unpaired) electrons. The van der Waals surface area contributed by atoms with Crippen molar-refractivity contribution >= 4 is 17.3 Å². The van der Waals surface area contributed by atoms with E-state index in [0.717, 1.165) is 11.6 Å². The topological polar surface area (TPSA) is 46.4 Å². The summed E-state index contributed by atoms with van der Waals surface area (Å²) in [5, 5.41) is 11.4. The maximum Gasteiger partial charge on any atom is 0.305 e. The molecule has 0 atom stereocenters. The maximum absolute atomic E-state index is 14.0. The Labute approximate surface area is 126 Å². The van der Waals surface area contributed by atoms with Gasteiger partial charge in [0.2, 0.25) is 5.82 Å². The fourth-order valence-corrected chi connectivity index (χ4v) is 2.34. The molecule has 110 valence electrons. The molecule has 6 heteroatoms. The van der Waals surface area contributed by atoms with E-state index >= 15 is 0 Å². The predicted molar refractivity (Wildman–Crippen MR) is 79.7 cm³/mol. The van der Waals surface area contributed by atoms with E-state index in [1.165, 1.54) is 6.07 Å². The Balaban J connectivity index is 2.11. The third-order valence-electron chi connectivity index (χ3n) is 3.04. The summed E-state index contributed by atoms with van der Waals surface area (Å²) in [5.74, 6) is -0.777. The van der Waals surface area contributed by atoms with Crippen molar-refractivity contribution in [3.05, 3.63) is 74.5 Å². The highest BCUT2D eigenvalue weighted by atomic mass is 35.5. The van der Waals surface area contributed by atoms with Gasteiger partial charge in [0.15, 0.2) is 0 Å². The summed E-state index contributed by atoms with van der Waals surface area (Å²) in [7, 11) is 1.82. The molecule has 0 N–H and O–H groups in total. The molecule has 0 unspecified atom stereocenters. The van der Waals surface area contributed by atoms with Crippen LogP contribution in [0.15, 0.2) is 42.5 Å². The molecule has 0 aromatic heterocycles. The smallest absolute Gasteiger partial charge is 0.298 e. The summed E-state index contributed by atoms with van der Waals surface area (Å²) >= 11 is 5.92. The fourth-order valence-electron chi connectivity index (χ4n) is 2.12. The van der Waals surface area contributed by atoms with Crippen molar-refractivity contribution in [2.24, 2.45) is 0 Å². The van der Waals surface area contributed by atoms with Gasteiger partial charge in [-0.1, -0.05) is 35.9 Å². The van der Waals surface area contributed by atoms with Crippen LogP contribution in [-0.4, -0.2) is 16.9 Å². The zero-order chi connectivity index (χ0) is 15.4. The summed E-state index contributed by atoms with van der Waals surface area (Å²) in [6.45, 7) is 0.850. The van der Waals surface area contributed by atoms with Gasteiger partial charge < -0.3 is 0 Å². The Morgan fingerprint density at radius 2 is 1.95 bits per heavy atom. The van der Waals surface area contributed by atoms with Gasteiger partial charge in [-0.2, -0.15) is 4.39 Å². The normalized spacial score (nSPS) is 10.9. The molecule has 0 bridgehead atoms. The van der Waals surface area contributed by atoms with Gasteiger partial charge in [0.05, 0.1) is 4.92 Å². The molecule has 0 heterocycles. The summed E-state index contributed by atoms with van der Waals surface area (Å²) in [5.41, 5.74) is 0.799. The van der Waals surface area contributed by atoms with E-state index in [1.54, 1.807) is 12.1 Å². The van der Waals surface area contributed by atoms with Gasteiger partial charge in [-0.25, -0.2) is 0 Å². The highest BCUT2D eigenvalue weighted by Crippen LogP contribution is 2.21. The molecule has 0 spiro atoms. The molecule has 2 rings (SSSR count). The molecule has 0 saturated carbocycles. The molecule has 0 amide bonds. The van der Waals surface area contributed by atoms with Crippen LogP contribution in [0, 0.1) is 15.9 Å². The number of nitrogens with zero attached hydrogens (tertiary/aromatic N) is 2. The summed E-state index contributed by atoms with van der Waals surface area (Å²) in [4.78, 5) is 11.9. The zero-order valence-electron chi connectivity index (χ0n) is 11.4. The number of hydrogen-bond acceptors (Lipinski definition) is 3. The average Bonchev–Trinajstić information content (AvgIpc) is 2.40. The first kappa shape index (κ1) is 15.4. The van der Waals surface area contributed by atoms with Gasteiger partial charge in [-0.05, 0) is 24.7 Å². The monoisotopic (exact) mass is 308 g/mol. The SMILES string of the molecule is CN(Cc1cccc(Cl)c1)Cc1cccc([N+](=O)[O-])c1F. The Bertz CT molecular complexity index is 664. The number of hydrogen-bond donors (Lipinski definition) is 0. The summed E-state index contributed by atoms with van der Waals surface area (Å²) < 4.78 is 14.0. The Morgan fingerprint density at radius 1 is 1.24 bits per heavy atom. The standard InChI is InChI=1S/C15H14ClFN2O2/c1-18(9-11-4-2-6-13(16)8-11)10-12-5-3-7-14(15(12)17)19(20)21/h2-8H,9-10H2,1H3. The Kier molecular flexibility index (Phi) is 4.88. The lowest BCUT2D eigenvalue weighted by molar-refractivity contribution is -0.387. The zero-order valence-corrected chi connectivity index (χ0v) is 12.2. The van der Waals surface area contributed by atoms with Crippen LogP contribution in [0.4, 0.5) is 10.1 Å². The van der Waals surface area contributed by atoms with E-state index < -0.39 is 16.4 Å². The van der Waals surface area contributed by atoms with Crippen molar-refractivity contribution in [3.8, 4) is 0 Å². The highest BCUT2D eigenvalue weighted by Gasteiger charge is 2.17. The van der Waals surface area contributed by atoms with E-state index in [0.29, 0.717) is 17.1 Å². The molecule has 21 heavy (non-hydrogen) atoms. The molecule has 2 aromatic rings. The van der Waals surface area contributed by atoms with Crippen LogP contribution in [0.1, 0.15) is 11.1 Å². The van der Waals surface area contributed by atoms with Crippen molar-refractivity contribution in [3.63, 3.8) is 0 Å². The second-order valence-corrected chi connectivity index (χ2v) is 5.25. The summed E-state index contributed by atoms with van der Waals surface area (Å²) in [6.07, 6.45) is 0. The molecule has 4 nitrogen and oxygen atoms in total. The number of halogens is 2. The van der Waals surface area contributed by atoms with Crippen LogP contribution in [0.25, 0.3) is 0 Å². The molecule has 0 aliphatic rings. The van der Waals surface area contributed by atoms with Crippen molar-refractivity contribution in [1.29, 1.82) is 0 Å². The lowest BCUT2D eigenvalue weighted by atomic mass is 10.1. The van der Waals surface area contributed by atoms with Gasteiger partial charge in [0, 0.05) is 29.7 Å². The van der Waals surface area contributed by atoms with Crippen LogP contribution in [0.5, 0.6) is 0 Å². The number of benzene rings is 2. The van der Waals surface area contributed by atoms with Crippen LogP contribution in [0.3, 0.4) is 0 Å². The van der Waals surface area contributed by atoms with Gasteiger partial charge in [0.1, 0.15) is 0 Å². The first-order chi connectivity index (χ1) is 9.97. The van der Waals surface area contributed by atoms with Crippen molar-refractivity contribution < 1.29 is 9.31 Å². The first-order valence-corrected chi connectivity index (χ1v) is 6.70. The third kappa shape index (κ3) is 4.00.